The molecule has 0 bridgehead atoms. The van der Waals surface area contributed by atoms with Crippen LogP contribution in [0.25, 0.3) is 0 Å². The molecule has 2 unspecified atom stereocenters. The second-order valence-electron chi connectivity index (χ2n) is 5.74. The lowest BCUT2D eigenvalue weighted by Crippen LogP contribution is -2.47. The second kappa shape index (κ2) is 7.91. The topological polar surface area (TPSA) is 50.4 Å². The maximum atomic E-state index is 12.2. The molecule has 116 valence electrons. The van der Waals surface area contributed by atoms with Crippen molar-refractivity contribution in [1.82, 2.24) is 5.32 Å². The molecule has 0 saturated heterocycles. The monoisotopic (exact) mass is 290 g/mol. The summed E-state index contributed by atoms with van der Waals surface area (Å²) in [6, 6.07) is 7.91. The highest BCUT2D eigenvalue weighted by atomic mass is 16.5. The van der Waals surface area contributed by atoms with Crippen LogP contribution in [0.4, 0.5) is 5.69 Å². The Hall–Kier alpha value is -1.71. The molecule has 0 spiro atoms. The summed E-state index contributed by atoms with van der Waals surface area (Å²) in [4.78, 5) is 12.2. The van der Waals surface area contributed by atoms with Gasteiger partial charge in [0.05, 0.1) is 12.2 Å². The summed E-state index contributed by atoms with van der Waals surface area (Å²) in [5, 5.41) is 6.29. The van der Waals surface area contributed by atoms with Crippen molar-refractivity contribution in [3.8, 4) is 5.75 Å². The van der Waals surface area contributed by atoms with Gasteiger partial charge in [0.15, 0.2) is 6.10 Å². The van der Waals surface area contributed by atoms with Crippen LogP contribution in [0.3, 0.4) is 0 Å². The molecule has 1 aromatic carbocycles. The minimum atomic E-state index is -0.446. The summed E-state index contributed by atoms with van der Waals surface area (Å²) < 4.78 is 5.76. The Bertz CT molecular complexity index is 462. The number of carbonyl (C=O) groups excluding carboxylic acids is 1. The maximum absolute atomic E-state index is 12.2. The largest absolute Gasteiger partial charge is 0.477 e. The third kappa shape index (κ3) is 4.66. The number of hydrogen-bond acceptors (Lipinski definition) is 3. The zero-order valence-electron chi connectivity index (χ0n) is 13.0. The van der Waals surface area contributed by atoms with Crippen molar-refractivity contribution in [1.29, 1.82) is 0 Å². The Kier molecular flexibility index (Phi) is 5.90. The Morgan fingerprint density at radius 3 is 3.00 bits per heavy atom. The Morgan fingerprint density at radius 1 is 1.38 bits per heavy atom. The molecule has 2 atom stereocenters. The number of anilines is 1. The van der Waals surface area contributed by atoms with Gasteiger partial charge in [0.1, 0.15) is 5.75 Å². The van der Waals surface area contributed by atoms with E-state index in [4.69, 9.17) is 4.74 Å². The highest BCUT2D eigenvalue weighted by molar-refractivity contribution is 5.83. The lowest BCUT2D eigenvalue weighted by Gasteiger charge is -2.27. The third-order valence-electron chi connectivity index (χ3n) is 3.81. The predicted molar refractivity (Wildman–Crippen MR) is 85.7 cm³/mol. The molecular weight excluding hydrogens is 264 g/mol. The fourth-order valence-electron chi connectivity index (χ4n) is 2.54. The molecule has 1 heterocycles. The number of para-hydroxylation sites is 2. The average Bonchev–Trinajstić information content (AvgIpc) is 2.51. The van der Waals surface area contributed by atoms with Gasteiger partial charge in [-0.3, -0.25) is 4.79 Å². The lowest BCUT2D eigenvalue weighted by atomic mass is 10.1. The first-order valence-corrected chi connectivity index (χ1v) is 8.00. The first-order chi connectivity index (χ1) is 10.2. The van der Waals surface area contributed by atoms with Crippen LogP contribution in [-0.4, -0.2) is 24.6 Å². The summed E-state index contributed by atoms with van der Waals surface area (Å²) in [5.41, 5.74) is 0.953. The van der Waals surface area contributed by atoms with Crippen LogP contribution in [0.1, 0.15) is 46.0 Å². The first kappa shape index (κ1) is 15.7. The molecule has 4 heteroatoms. The SMILES string of the molecule is CCCCCCC(C)NC(=O)C1CNc2ccccc2O1. The van der Waals surface area contributed by atoms with Gasteiger partial charge in [-0.1, -0.05) is 44.7 Å². The van der Waals surface area contributed by atoms with Crippen LogP contribution in [-0.2, 0) is 4.79 Å². The molecule has 0 radical (unpaired) electrons. The number of carbonyl (C=O) groups is 1. The molecule has 0 saturated carbocycles. The van der Waals surface area contributed by atoms with Crippen molar-refractivity contribution in [3.05, 3.63) is 24.3 Å². The van der Waals surface area contributed by atoms with Crippen molar-refractivity contribution < 1.29 is 9.53 Å². The van der Waals surface area contributed by atoms with Crippen molar-refractivity contribution >= 4 is 11.6 Å². The summed E-state index contributed by atoms with van der Waals surface area (Å²) in [6.45, 7) is 4.79. The minimum Gasteiger partial charge on any atom is -0.477 e. The number of hydrogen-bond donors (Lipinski definition) is 2. The molecule has 0 fully saturated rings. The Morgan fingerprint density at radius 2 is 2.19 bits per heavy atom. The quantitative estimate of drug-likeness (QED) is 0.757. The van der Waals surface area contributed by atoms with Crippen LogP contribution in [0.5, 0.6) is 5.75 Å². The smallest absolute Gasteiger partial charge is 0.263 e. The number of benzene rings is 1. The normalized spacial score (nSPS) is 18.1. The van der Waals surface area contributed by atoms with E-state index < -0.39 is 6.10 Å². The van der Waals surface area contributed by atoms with E-state index >= 15 is 0 Å². The zero-order chi connectivity index (χ0) is 15.1. The highest BCUT2D eigenvalue weighted by Crippen LogP contribution is 2.28. The van der Waals surface area contributed by atoms with Gasteiger partial charge < -0.3 is 15.4 Å². The van der Waals surface area contributed by atoms with Gasteiger partial charge in [0.25, 0.3) is 5.91 Å². The van der Waals surface area contributed by atoms with Crippen molar-refractivity contribution in [2.45, 2.75) is 58.1 Å². The molecule has 0 aliphatic carbocycles. The van der Waals surface area contributed by atoms with E-state index in [1.807, 2.05) is 24.3 Å². The predicted octanol–water partition coefficient (Wildman–Crippen LogP) is 3.33. The molecule has 1 aromatic rings. The van der Waals surface area contributed by atoms with Crippen molar-refractivity contribution in [2.75, 3.05) is 11.9 Å². The number of nitrogens with one attached hydrogen (secondary N) is 2. The van der Waals surface area contributed by atoms with E-state index in [2.05, 4.69) is 24.5 Å². The summed E-state index contributed by atoms with van der Waals surface area (Å²) in [6.07, 6.45) is 5.50. The number of unbranched alkanes of at least 4 members (excludes halogenated alkanes) is 3. The van der Waals surface area contributed by atoms with Crippen LogP contribution in [0.15, 0.2) is 24.3 Å². The Balaban J connectivity index is 1.76. The minimum absolute atomic E-state index is 0.0278. The van der Waals surface area contributed by atoms with Gasteiger partial charge in [-0.05, 0) is 25.5 Å². The molecule has 1 aliphatic heterocycles. The van der Waals surface area contributed by atoms with Crippen molar-refractivity contribution in [2.24, 2.45) is 0 Å². The van der Waals surface area contributed by atoms with E-state index in [1.54, 1.807) is 0 Å². The Labute approximate surface area is 127 Å². The van der Waals surface area contributed by atoms with E-state index in [0.29, 0.717) is 6.54 Å². The van der Waals surface area contributed by atoms with Crippen LogP contribution in [0, 0.1) is 0 Å². The van der Waals surface area contributed by atoms with Crippen LogP contribution < -0.4 is 15.4 Å². The van der Waals surface area contributed by atoms with Gasteiger partial charge in [-0.25, -0.2) is 0 Å². The van der Waals surface area contributed by atoms with E-state index in [9.17, 15) is 4.79 Å². The van der Waals surface area contributed by atoms with Gasteiger partial charge in [-0.15, -0.1) is 0 Å². The molecule has 1 amide bonds. The molecular formula is C17H26N2O2. The summed E-state index contributed by atoms with van der Waals surface area (Å²) in [7, 11) is 0. The van der Waals surface area contributed by atoms with E-state index in [-0.39, 0.29) is 11.9 Å². The molecule has 21 heavy (non-hydrogen) atoms. The molecule has 2 N–H and O–H groups in total. The van der Waals surface area contributed by atoms with Gasteiger partial charge in [-0.2, -0.15) is 0 Å². The van der Waals surface area contributed by atoms with Crippen molar-refractivity contribution in [3.63, 3.8) is 0 Å². The van der Waals surface area contributed by atoms with E-state index in [0.717, 1.165) is 17.9 Å². The number of rotatable bonds is 7. The first-order valence-electron chi connectivity index (χ1n) is 8.00. The van der Waals surface area contributed by atoms with Crippen LogP contribution in [0.2, 0.25) is 0 Å². The summed E-state index contributed by atoms with van der Waals surface area (Å²) in [5.74, 6) is 0.722. The second-order valence-corrected chi connectivity index (χ2v) is 5.74. The highest BCUT2D eigenvalue weighted by Gasteiger charge is 2.26. The standard InChI is InChI=1S/C17H26N2O2/c1-3-4-5-6-9-13(2)19-17(20)16-12-18-14-10-7-8-11-15(14)21-16/h7-8,10-11,13,16,18H,3-6,9,12H2,1-2H3,(H,19,20). The van der Waals surface area contributed by atoms with Crippen LogP contribution >= 0.6 is 0 Å². The van der Waals surface area contributed by atoms with Gasteiger partial charge in [0.2, 0.25) is 0 Å². The number of amides is 1. The zero-order valence-corrected chi connectivity index (χ0v) is 13.0. The summed E-state index contributed by atoms with van der Waals surface area (Å²) >= 11 is 0. The number of ether oxygens (including phenoxy) is 1. The maximum Gasteiger partial charge on any atom is 0.263 e. The average molecular weight is 290 g/mol. The molecule has 2 rings (SSSR count). The van der Waals surface area contributed by atoms with E-state index in [1.165, 1.54) is 25.7 Å². The molecule has 0 aromatic heterocycles. The van der Waals surface area contributed by atoms with Gasteiger partial charge in [0, 0.05) is 6.04 Å². The van der Waals surface area contributed by atoms with Gasteiger partial charge >= 0.3 is 0 Å². The third-order valence-corrected chi connectivity index (χ3v) is 3.81. The molecule has 1 aliphatic rings. The lowest BCUT2D eigenvalue weighted by molar-refractivity contribution is -0.128. The fourth-order valence-corrected chi connectivity index (χ4v) is 2.54. The fraction of sp³-hybridized carbons (Fsp3) is 0.588. The number of fused-ring (bicyclic) bond motifs is 1. The molecule has 4 nitrogen and oxygen atoms in total.